The second-order valence-electron chi connectivity index (χ2n) is 3.84. The fourth-order valence-corrected chi connectivity index (χ4v) is 3.00. The zero-order valence-electron chi connectivity index (χ0n) is 9.34. The van der Waals surface area contributed by atoms with E-state index >= 15 is 0 Å². The molecule has 6 heteroatoms. The van der Waals surface area contributed by atoms with Gasteiger partial charge in [-0.3, -0.25) is 0 Å². The van der Waals surface area contributed by atoms with Crippen LogP contribution < -0.4 is 0 Å². The van der Waals surface area contributed by atoms with Crippen molar-refractivity contribution in [1.29, 1.82) is 0 Å². The summed E-state index contributed by atoms with van der Waals surface area (Å²) in [6.07, 6.45) is 1.05. The Labute approximate surface area is 96.1 Å². The van der Waals surface area contributed by atoms with Gasteiger partial charge in [-0.1, -0.05) is 6.07 Å². The Morgan fingerprint density at radius 2 is 1.50 bits per heavy atom. The van der Waals surface area contributed by atoms with Crippen molar-refractivity contribution < 1.29 is 16.8 Å². The molecule has 0 N–H and O–H groups in total. The van der Waals surface area contributed by atoms with Crippen molar-refractivity contribution >= 4 is 19.7 Å². The number of rotatable bonds is 3. The maximum Gasteiger partial charge on any atom is 0.180 e. The predicted molar refractivity (Wildman–Crippen MR) is 61.9 cm³/mol. The largest absolute Gasteiger partial charge is 0.224 e. The molecule has 0 bridgehead atoms. The molecule has 0 amide bonds. The van der Waals surface area contributed by atoms with Crippen LogP contribution in [0.1, 0.15) is 13.8 Å². The standard InChI is InChI=1S/C10H14O4S2/c1-8(2)16(13,14)10-6-4-5-9(7-10)15(3,11)12/h4-8H,1-3H3. The van der Waals surface area contributed by atoms with Crippen molar-refractivity contribution in [2.75, 3.05) is 6.26 Å². The van der Waals surface area contributed by atoms with E-state index in [1.54, 1.807) is 13.8 Å². The molecule has 1 aromatic carbocycles. The predicted octanol–water partition coefficient (Wildman–Crippen LogP) is 1.27. The van der Waals surface area contributed by atoms with Crippen LogP contribution in [0, 0.1) is 0 Å². The molecule has 0 radical (unpaired) electrons. The van der Waals surface area contributed by atoms with E-state index in [1.807, 2.05) is 0 Å². The van der Waals surface area contributed by atoms with Gasteiger partial charge in [-0.05, 0) is 32.0 Å². The third kappa shape index (κ3) is 2.62. The topological polar surface area (TPSA) is 68.3 Å². The summed E-state index contributed by atoms with van der Waals surface area (Å²) in [6.45, 7) is 3.12. The molecule has 0 aliphatic carbocycles. The minimum absolute atomic E-state index is 0.0224. The number of sulfone groups is 2. The van der Waals surface area contributed by atoms with Crippen LogP contribution in [-0.4, -0.2) is 28.3 Å². The summed E-state index contributed by atoms with van der Waals surface area (Å²) in [5.41, 5.74) is 0. The lowest BCUT2D eigenvalue weighted by molar-refractivity contribution is 0.587. The summed E-state index contributed by atoms with van der Waals surface area (Å²) in [4.78, 5) is 0.0691. The van der Waals surface area contributed by atoms with Crippen molar-refractivity contribution in [3.05, 3.63) is 24.3 Å². The second kappa shape index (κ2) is 4.18. The first-order valence-corrected chi connectivity index (χ1v) is 8.13. The van der Waals surface area contributed by atoms with Gasteiger partial charge in [-0.15, -0.1) is 0 Å². The fraction of sp³-hybridized carbons (Fsp3) is 0.400. The third-order valence-corrected chi connectivity index (χ3v) is 5.45. The molecule has 0 saturated heterocycles. The summed E-state index contributed by atoms with van der Waals surface area (Å²) < 4.78 is 46.2. The summed E-state index contributed by atoms with van der Waals surface area (Å²) in [5, 5.41) is -0.567. The highest BCUT2D eigenvalue weighted by Gasteiger charge is 2.20. The van der Waals surface area contributed by atoms with Crippen molar-refractivity contribution in [3.63, 3.8) is 0 Å². The number of hydrogen-bond donors (Lipinski definition) is 0. The molecule has 0 spiro atoms. The van der Waals surface area contributed by atoms with Crippen molar-refractivity contribution in [1.82, 2.24) is 0 Å². The highest BCUT2D eigenvalue weighted by Crippen LogP contribution is 2.19. The fourth-order valence-electron chi connectivity index (χ4n) is 1.15. The Bertz CT molecular complexity index is 583. The van der Waals surface area contributed by atoms with E-state index in [1.165, 1.54) is 24.3 Å². The van der Waals surface area contributed by atoms with Crippen LogP contribution in [0.4, 0.5) is 0 Å². The zero-order valence-corrected chi connectivity index (χ0v) is 11.0. The Morgan fingerprint density at radius 3 is 1.94 bits per heavy atom. The van der Waals surface area contributed by atoms with E-state index in [0.717, 1.165) is 6.26 Å². The van der Waals surface area contributed by atoms with Crippen LogP contribution in [0.5, 0.6) is 0 Å². The van der Waals surface area contributed by atoms with Crippen LogP contribution in [0.15, 0.2) is 34.1 Å². The molecule has 0 aliphatic heterocycles. The van der Waals surface area contributed by atoms with Crippen LogP contribution in [-0.2, 0) is 19.7 Å². The van der Waals surface area contributed by atoms with E-state index in [0.29, 0.717) is 0 Å². The molecule has 0 fully saturated rings. The van der Waals surface area contributed by atoms with E-state index in [2.05, 4.69) is 0 Å². The third-order valence-electron chi connectivity index (χ3n) is 2.18. The van der Waals surface area contributed by atoms with E-state index in [-0.39, 0.29) is 9.79 Å². The van der Waals surface area contributed by atoms with Gasteiger partial charge in [-0.2, -0.15) is 0 Å². The van der Waals surface area contributed by atoms with Crippen LogP contribution in [0.25, 0.3) is 0 Å². The van der Waals surface area contributed by atoms with Gasteiger partial charge >= 0.3 is 0 Å². The van der Waals surface area contributed by atoms with Gasteiger partial charge in [0.25, 0.3) is 0 Å². The molecule has 90 valence electrons. The minimum atomic E-state index is -3.42. The average Bonchev–Trinajstić information content (AvgIpc) is 2.16. The maximum atomic E-state index is 11.8. The van der Waals surface area contributed by atoms with Gasteiger partial charge in [0.1, 0.15) is 0 Å². The maximum absolute atomic E-state index is 11.8. The Kier molecular flexibility index (Phi) is 3.44. The smallest absolute Gasteiger partial charge is 0.180 e. The molecular weight excluding hydrogens is 248 g/mol. The molecule has 0 atom stereocenters. The van der Waals surface area contributed by atoms with Gasteiger partial charge in [0, 0.05) is 6.26 Å². The average molecular weight is 262 g/mol. The lowest BCUT2D eigenvalue weighted by atomic mass is 10.4. The summed E-state index contributed by atoms with van der Waals surface area (Å²) >= 11 is 0. The highest BCUT2D eigenvalue weighted by molar-refractivity contribution is 7.92. The van der Waals surface area contributed by atoms with Crippen molar-refractivity contribution in [2.24, 2.45) is 0 Å². The van der Waals surface area contributed by atoms with Gasteiger partial charge in [0.15, 0.2) is 19.7 Å². The Hall–Kier alpha value is -0.880. The van der Waals surface area contributed by atoms with Crippen molar-refractivity contribution in [2.45, 2.75) is 28.9 Å². The summed E-state index contributed by atoms with van der Waals surface area (Å²) in [6, 6.07) is 5.43. The lowest BCUT2D eigenvalue weighted by Gasteiger charge is -2.08. The molecule has 0 heterocycles. The summed E-state index contributed by atoms with van der Waals surface area (Å²) in [5.74, 6) is 0. The highest BCUT2D eigenvalue weighted by atomic mass is 32.2. The molecule has 16 heavy (non-hydrogen) atoms. The van der Waals surface area contributed by atoms with Gasteiger partial charge in [0.2, 0.25) is 0 Å². The van der Waals surface area contributed by atoms with Gasteiger partial charge in [0.05, 0.1) is 15.0 Å². The van der Waals surface area contributed by atoms with Crippen LogP contribution in [0.3, 0.4) is 0 Å². The summed E-state index contributed by atoms with van der Waals surface area (Å²) in [7, 11) is -6.80. The van der Waals surface area contributed by atoms with Gasteiger partial charge in [-0.25, -0.2) is 16.8 Å². The minimum Gasteiger partial charge on any atom is -0.224 e. The van der Waals surface area contributed by atoms with Crippen LogP contribution >= 0.6 is 0 Å². The van der Waals surface area contributed by atoms with E-state index < -0.39 is 24.9 Å². The second-order valence-corrected chi connectivity index (χ2v) is 8.36. The first kappa shape index (κ1) is 13.2. The quantitative estimate of drug-likeness (QED) is 0.822. The van der Waals surface area contributed by atoms with Gasteiger partial charge < -0.3 is 0 Å². The Balaban J connectivity index is 3.41. The van der Waals surface area contributed by atoms with Crippen LogP contribution in [0.2, 0.25) is 0 Å². The zero-order chi connectivity index (χ0) is 12.6. The first-order valence-electron chi connectivity index (χ1n) is 4.69. The molecule has 1 aromatic rings. The first-order chi connectivity index (χ1) is 7.15. The van der Waals surface area contributed by atoms with E-state index in [4.69, 9.17) is 0 Å². The molecule has 0 unspecified atom stereocenters. The molecule has 4 nitrogen and oxygen atoms in total. The molecule has 1 rings (SSSR count). The number of benzene rings is 1. The SMILES string of the molecule is CC(C)S(=O)(=O)c1cccc(S(C)(=O)=O)c1. The monoisotopic (exact) mass is 262 g/mol. The molecule has 0 aromatic heterocycles. The van der Waals surface area contributed by atoms with E-state index in [9.17, 15) is 16.8 Å². The van der Waals surface area contributed by atoms with Crippen molar-refractivity contribution in [3.8, 4) is 0 Å². The lowest BCUT2D eigenvalue weighted by Crippen LogP contribution is -2.14. The molecule has 0 saturated carbocycles. The normalized spacial score (nSPS) is 13.0. The molecular formula is C10H14O4S2. The number of hydrogen-bond acceptors (Lipinski definition) is 4. The molecule has 0 aliphatic rings. The Morgan fingerprint density at radius 1 is 1.00 bits per heavy atom.